The van der Waals surface area contributed by atoms with Gasteiger partial charge in [0.25, 0.3) is 0 Å². The Labute approximate surface area is 205 Å². The average Bonchev–Trinajstić information content (AvgIpc) is 2.71. The number of amides is 2. The van der Waals surface area contributed by atoms with Crippen molar-refractivity contribution in [2.75, 3.05) is 17.1 Å². The molecule has 0 saturated heterocycles. The van der Waals surface area contributed by atoms with Gasteiger partial charge in [-0.3, -0.25) is 13.9 Å². The number of nitrogens with one attached hydrogen (secondary N) is 1. The Kier molecular flexibility index (Phi) is 9.17. The van der Waals surface area contributed by atoms with Crippen LogP contribution in [0.25, 0.3) is 0 Å². The summed E-state index contributed by atoms with van der Waals surface area (Å²) in [6.45, 7) is 6.77. The van der Waals surface area contributed by atoms with Gasteiger partial charge in [0.05, 0.1) is 17.0 Å². The normalized spacial score (nSPS) is 12.4. The summed E-state index contributed by atoms with van der Waals surface area (Å²) >= 11 is 12.3. The zero-order valence-corrected chi connectivity index (χ0v) is 21.6. The maximum absolute atomic E-state index is 13.5. The smallest absolute Gasteiger partial charge is 0.244 e. The van der Waals surface area contributed by atoms with Crippen molar-refractivity contribution in [2.45, 2.75) is 46.3 Å². The summed E-state index contributed by atoms with van der Waals surface area (Å²) in [5.74, 6) is -0.884. The second-order valence-corrected chi connectivity index (χ2v) is 10.9. The van der Waals surface area contributed by atoms with Gasteiger partial charge in [-0.1, -0.05) is 47.5 Å². The van der Waals surface area contributed by atoms with Gasteiger partial charge in [0.1, 0.15) is 12.6 Å². The zero-order chi connectivity index (χ0) is 24.9. The second-order valence-electron chi connectivity index (χ2n) is 8.15. The minimum absolute atomic E-state index is 0.0927. The van der Waals surface area contributed by atoms with Crippen molar-refractivity contribution in [1.82, 2.24) is 10.2 Å². The number of rotatable bonds is 9. The highest BCUT2D eigenvalue weighted by Gasteiger charge is 2.31. The molecule has 33 heavy (non-hydrogen) atoms. The molecule has 0 aliphatic rings. The minimum atomic E-state index is -3.89. The molecule has 0 heterocycles. The standard InChI is InChI=1S/C23H29Cl2N3O4S/c1-15(2)26-23(30)17(4)27(13-18-9-7-6-8-16(18)3)22(29)14-28(33(5,31)32)21-12-19(24)10-11-20(21)25/h6-12,15,17H,13-14H2,1-5H3,(H,26,30)/t17-/m1/s1. The second kappa shape index (κ2) is 11.2. The van der Waals surface area contributed by atoms with E-state index in [1.54, 1.807) is 6.92 Å². The number of sulfonamides is 1. The van der Waals surface area contributed by atoms with Crippen molar-refractivity contribution >= 4 is 50.7 Å². The molecule has 1 N–H and O–H groups in total. The molecule has 0 aliphatic heterocycles. The lowest BCUT2D eigenvalue weighted by Crippen LogP contribution is -2.52. The molecule has 0 unspecified atom stereocenters. The highest BCUT2D eigenvalue weighted by molar-refractivity contribution is 7.92. The molecule has 2 aromatic carbocycles. The van der Waals surface area contributed by atoms with E-state index in [-0.39, 0.29) is 34.2 Å². The number of benzene rings is 2. The van der Waals surface area contributed by atoms with Crippen LogP contribution >= 0.6 is 23.2 Å². The first-order chi connectivity index (χ1) is 15.3. The van der Waals surface area contributed by atoms with E-state index in [1.165, 1.54) is 23.1 Å². The van der Waals surface area contributed by atoms with Gasteiger partial charge in [0.2, 0.25) is 21.8 Å². The number of nitrogens with zero attached hydrogens (tertiary/aromatic N) is 2. The quantitative estimate of drug-likeness (QED) is 0.548. The number of carbonyl (C=O) groups excluding carboxylic acids is 2. The highest BCUT2D eigenvalue weighted by atomic mass is 35.5. The Morgan fingerprint density at radius 3 is 2.27 bits per heavy atom. The Hall–Kier alpha value is -2.29. The van der Waals surface area contributed by atoms with E-state index in [0.717, 1.165) is 21.7 Å². The van der Waals surface area contributed by atoms with Crippen LogP contribution in [0.5, 0.6) is 0 Å². The van der Waals surface area contributed by atoms with E-state index in [4.69, 9.17) is 23.2 Å². The van der Waals surface area contributed by atoms with Gasteiger partial charge >= 0.3 is 0 Å². The fourth-order valence-electron chi connectivity index (χ4n) is 3.23. The van der Waals surface area contributed by atoms with Crippen LogP contribution in [0.4, 0.5) is 5.69 Å². The van der Waals surface area contributed by atoms with E-state index in [9.17, 15) is 18.0 Å². The summed E-state index contributed by atoms with van der Waals surface area (Å²) in [6.07, 6.45) is 0.984. The first kappa shape index (κ1) is 27.0. The minimum Gasteiger partial charge on any atom is -0.352 e. The lowest BCUT2D eigenvalue weighted by molar-refractivity contribution is -0.139. The summed E-state index contributed by atoms with van der Waals surface area (Å²) in [4.78, 5) is 27.6. The monoisotopic (exact) mass is 513 g/mol. The molecule has 10 heteroatoms. The van der Waals surface area contributed by atoms with Crippen LogP contribution in [0.2, 0.25) is 10.0 Å². The van der Waals surface area contributed by atoms with Crippen molar-refractivity contribution < 1.29 is 18.0 Å². The van der Waals surface area contributed by atoms with E-state index >= 15 is 0 Å². The lowest BCUT2D eigenvalue weighted by atomic mass is 10.1. The maximum atomic E-state index is 13.5. The molecular weight excluding hydrogens is 485 g/mol. The summed E-state index contributed by atoms with van der Waals surface area (Å²) in [6, 6.07) is 10.9. The van der Waals surface area contributed by atoms with E-state index in [2.05, 4.69) is 5.32 Å². The molecule has 0 radical (unpaired) electrons. The predicted molar refractivity (Wildman–Crippen MR) is 133 cm³/mol. The molecule has 0 spiro atoms. The van der Waals surface area contributed by atoms with E-state index < -0.39 is 28.5 Å². The summed E-state index contributed by atoms with van der Waals surface area (Å²) in [5.41, 5.74) is 1.89. The number of aryl methyl sites for hydroxylation is 1. The molecule has 2 amide bonds. The van der Waals surface area contributed by atoms with Crippen molar-refractivity contribution in [3.05, 3.63) is 63.6 Å². The third-order valence-electron chi connectivity index (χ3n) is 5.06. The van der Waals surface area contributed by atoms with Gasteiger partial charge < -0.3 is 10.2 Å². The summed E-state index contributed by atoms with van der Waals surface area (Å²) in [5, 5.41) is 3.21. The zero-order valence-electron chi connectivity index (χ0n) is 19.3. The maximum Gasteiger partial charge on any atom is 0.244 e. The number of carbonyl (C=O) groups is 2. The van der Waals surface area contributed by atoms with Crippen LogP contribution in [0.1, 0.15) is 31.9 Å². The largest absolute Gasteiger partial charge is 0.352 e. The molecule has 0 aromatic heterocycles. The fraction of sp³-hybridized carbons (Fsp3) is 0.391. The number of anilines is 1. The molecular formula is C23H29Cl2N3O4S. The lowest BCUT2D eigenvalue weighted by Gasteiger charge is -2.32. The van der Waals surface area contributed by atoms with Crippen molar-refractivity contribution in [1.29, 1.82) is 0 Å². The molecule has 0 fully saturated rings. The fourth-order valence-corrected chi connectivity index (χ4v) is 4.52. The van der Waals surface area contributed by atoms with Crippen molar-refractivity contribution in [3.8, 4) is 0 Å². The Morgan fingerprint density at radius 1 is 1.06 bits per heavy atom. The van der Waals surface area contributed by atoms with Gasteiger partial charge in [-0.25, -0.2) is 8.42 Å². The Bertz CT molecular complexity index is 1120. The average molecular weight is 514 g/mol. The third-order valence-corrected chi connectivity index (χ3v) is 6.74. The van der Waals surface area contributed by atoms with Crippen LogP contribution < -0.4 is 9.62 Å². The van der Waals surface area contributed by atoms with Crippen LogP contribution in [-0.4, -0.2) is 50.0 Å². The third kappa shape index (κ3) is 7.35. The molecule has 7 nitrogen and oxygen atoms in total. The highest BCUT2D eigenvalue weighted by Crippen LogP contribution is 2.31. The van der Waals surface area contributed by atoms with E-state index in [1.807, 2.05) is 45.0 Å². The van der Waals surface area contributed by atoms with Crippen LogP contribution in [-0.2, 0) is 26.2 Å². The topological polar surface area (TPSA) is 86.8 Å². The van der Waals surface area contributed by atoms with Crippen molar-refractivity contribution in [3.63, 3.8) is 0 Å². The molecule has 1 atom stereocenters. The van der Waals surface area contributed by atoms with Gasteiger partial charge in [0, 0.05) is 17.6 Å². The van der Waals surface area contributed by atoms with Crippen LogP contribution in [0.15, 0.2) is 42.5 Å². The van der Waals surface area contributed by atoms with Gasteiger partial charge in [-0.15, -0.1) is 0 Å². The predicted octanol–water partition coefficient (Wildman–Crippen LogP) is 4.01. The van der Waals surface area contributed by atoms with Gasteiger partial charge in [-0.05, 0) is 57.0 Å². The Morgan fingerprint density at radius 2 is 1.70 bits per heavy atom. The number of halogens is 2. The number of hydrogen-bond donors (Lipinski definition) is 1. The van der Waals surface area contributed by atoms with Crippen LogP contribution in [0.3, 0.4) is 0 Å². The van der Waals surface area contributed by atoms with E-state index in [0.29, 0.717) is 0 Å². The molecule has 180 valence electrons. The SMILES string of the molecule is Cc1ccccc1CN(C(=O)CN(c1cc(Cl)ccc1Cl)S(C)(=O)=O)[C@H](C)C(=O)NC(C)C. The van der Waals surface area contributed by atoms with Crippen molar-refractivity contribution in [2.24, 2.45) is 0 Å². The first-order valence-corrected chi connectivity index (χ1v) is 13.0. The summed E-state index contributed by atoms with van der Waals surface area (Å²) in [7, 11) is -3.89. The van der Waals surface area contributed by atoms with Gasteiger partial charge in [0.15, 0.2) is 0 Å². The Balaban J connectivity index is 2.45. The molecule has 0 saturated carbocycles. The molecule has 0 bridgehead atoms. The molecule has 0 aliphatic carbocycles. The van der Waals surface area contributed by atoms with Crippen LogP contribution in [0, 0.1) is 6.92 Å². The van der Waals surface area contributed by atoms with Gasteiger partial charge in [-0.2, -0.15) is 0 Å². The number of hydrogen-bond acceptors (Lipinski definition) is 4. The molecule has 2 rings (SSSR count). The first-order valence-electron chi connectivity index (χ1n) is 10.4. The summed E-state index contributed by atoms with van der Waals surface area (Å²) < 4.78 is 26.1. The molecule has 2 aromatic rings.